The van der Waals surface area contributed by atoms with Crippen LogP contribution in [-0.2, 0) is 38.2 Å². The second-order valence-electron chi connectivity index (χ2n) is 29.3. The Labute approximate surface area is 765 Å². The molecular weight excluding hydrogens is 1750 g/mol. The highest BCUT2D eigenvalue weighted by Crippen LogP contribution is 2.38. The van der Waals surface area contributed by atoms with E-state index in [1.165, 1.54) is 91.1 Å². The van der Waals surface area contributed by atoms with E-state index < -0.39 is 55.0 Å². The van der Waals surface area contributed by atoms with Gasteiger partial charge in [0.1, 0.15) is 6.29 Å². The van der Waals surface area contributed by atoms with Crippen LogP contribution in [-0.4, -0.2) is 181 Å². The van der Waals surface area contributed by atoms with Crippen LogP contribution in [0.3, 0.4) is 0 Å². The predicted octanol–water partition coefficient (Wildman–Crippen LogP) is 16.8. The molecule has 692 valence electrons. The van der Waals surface area contributed by atoms with Crippen LogP contribution in [0.1, 0.15) is 176 Å². The van der Waals surface area contributed by atoms with Crippen molar-refractivity contribution in [3.05, 3.63) is 264 Å². The zero-order valence-corrected chi connectivity index (χ0v) is 78.4. The van der Waals surface area contributed by atoms with Gasteiger partial charge in [-0.3, -0.25) is 79.3 Å². The van der Waals surface area contributed by atoms with Crippen molar-refractivity contribution < 1.29 is 77.6 Å². The van der Waals surface area contributed by atoms with E-state index in [9.17, 15) is 74.0 Å². The lowest BCUT2D eigenvalue weighted by molar-refractivity contribution is -0.483. The summed E-state index contributed by atoms with van der Waals surface area (Å²) in [5.74, 6) is 0.255. The van der Waals surface area contributed by atoms with Crippen LogP contribution in [0.25, 0.3) is 6.08 Å². The third-order valence-electron chi connectivity index (χ3n) is 20.7. The van der Waals surface area contributed by atoms with Crippen LogP contribution in [0.15, 0.2) is 97.1 Å². The highest BCUT2D eigenvalue weighted by Gasteiger charge is 2.31. The molecule has 4 unspecified atom stereocenters. The fraction of sp³-hybridized carbons (Fsp3) is 0.422. The van der Waals surface area contributed by atoms with Gasteiger partial charge in [0.05, 0.1) is 53.6 Å². The molecule has 0 aliphatic carbocycles. The summed E-state index contributed by atoms with van der Waals surface area (Å²) in [6.07, 6.45) is 5.99. The minimum absolute atomic E-state index is 0.00676. The first-order chi connectivity index (χ1) is 59.8. The number of carbonyl (C=O) groups excluding carboxylic acids is 7. The number of nitrogens with zero attached hydrogens (tertiary/aromatic N) is 7. The Morgan fingerprint density at radius 3 is 1.24 bits per heavy atom. The van der Waals surface area contributed by atoms with Crippen molar-refractivity contribution in [2.75, 3.05) is 119 Å². The minimum atomic E-state index is -0.835. The number of halogens is 5. The number of anilines is 3. The number of hydrogen-bond acceptors (Lipinski definition) is 24. The number of ether oxygens (including phenoxy) is 2. The van der Waals surface area contributed by atoms with Crippen molar-refractivity contribution in [1.29, 1.82) is 0 Å². The van der Waals surface area contributed by atoms with Gasteiger partial charge in [-0.25, -0.2) is 4.79 Å². The van der Waals surface area contributed by atoms with Crippen LogP contribution in [0.5, 0.6) is 0 Å². The average molecular weight is 1870 g/mol. The van der Waals surface area contributed by atoms with Crippen molar-refractivity contribution in [3.63, 3.8) is 0 Å². The molecule has 32 nitrogen and oxygen atoms in total. The largest absolute Gasteiger partial charge is 0.481 e. The maximum absolute atomic E-state index is 11.5. The molecular formula is C90H116Cl5N11O21. The van der Waals surface area contributed by atoms with Crippen LogP contribution < -0.4 is 31.9 Å². The standard InChI is InChI=1S/C16H24Cl2N2O2.C16H22Cl2N2O.C13H16N2O6.C12H16N2O.C12H13NO4.C9H9NO3.C9H10O.C2H3ClO.CH3NO2/c1-11-3-4-14(20(7-5-17)8-6-18)12(2)16(11)13(10-19)9-15(21)22;1-11-3-4-14(20(7-5-17)8-6-18)12(2)16(11)13-9-15(21)19-10-13;1-8-4-5-11(15(19)20)9(2)13(8)10(7-14(17)18)6-12(16)21-3;1-7-3-4-10(13)8(2)12(7)9-5-11(15)14-6-9;1-8-4-6-11(13(15)16)9(2)10(8)5-7-12(14)17-3;1-6-3-4-9(10(12)13)7(2)8(6)5-11;1-7-4-3-5-8(2)9(7)6-10;3-1-2-4;1-2(3)4/h3-4,13H,5-10,19H2,1-2H3,(H,21,22);3-4,13H,5-10H2,1-2H3,(H,19,21);4-5,10H,6-7H2,1-3H3;3-4,9H,5-6,13H2,1-2H3,(H,14,15);4-7H,1-3H3;3-5H,1-2H3;3-6H,1-2H3;2H,1H2;1H3/b;;;;7-5+;;;;. The number of nitro benzene ring substituents is 3. The SMILES string of the molecule is COC(=O)/C=C/c1c(C)ccc([N+](=O)[O-])c1C.COC(=O)CC(C[N+](=O)[O-])c1c(C)ccc([N+](=O)[O-])c1C.C[N+](=O)[O-].Cc1ccc(N(CCCl)CCCl)c(C)c1C(CN)CC(=O)O.Cc1ccc(N(CCCl)CCCl)c(C)c1C1CNC(=O)C1.Cc1ccc(N)c(C)c1C1CNC(=O)C1.Cc1ccc([N+](=O)[O-])c(C)c1C=O.Cc1cccc(C)c1C=O.O=CCCl. The number of carboxylic acid groups (broad SMARTS) is 1. The van der Waals surface area contributed by atoms with Gasteiger partial charge in [0, 0.05) is 172 Å². The lowest BCUT2D eigenvalue weighted by Gasteiger charge is -2.28. The highest BCUT2D eigenvalue weighted by molar-refractivity contribution is 6.24. The summed E-state index contributed by atoms with van der Waals surface area (Å²) in [5, 5.41) is 66.8. The molecule has 7 aromatic carbocycles. The first-order valence-electron chi connectivity index (χ1n) is 39.8. The molecule has 2 saturated heterocycles. The zero-order chi connectivity index (χ0) is 96.8. The van der Waals surface area contributed by atoms with Gasteiger partial charge >= 0.3 is 17.9 Å². The van der Waals surface area contributed by atoms with Gasteiger partial charge in [0.25, 0.3) is 17.1 Å². The molecule has 2 aliphatic heterocycles. The molecule has 0 radical (unpaired) electrons. The smallest absolute Gasteiger partial charge is 0.330 e. The van der Waals surface area contributed by atoms with Gasteiger partial charge in [0.15, 0.2) is 19.6 Å². The first-order valence-corrected chi connectivity index (χ1v) is 42.5. The molecule has 37 heteroatoms. The minimum Gasteiger partial charge on any atom is -0.481 e. The Bertz CT molecular complexity index is 4960. The third kappa shape index (κ3) is 36.7. The summed E-state index contributed by atoms with van der Waals surface area (Å²) in [4.78, 5) is 140. The molecule has 9 rings (SSSR count). The number of aldehydes is 3. The molecule has 0 spiro atoms. The molecule has 4 atom stereocenters. The number of nitrogen functional groups attached to an aromatic ring is 1. The summed E-state index contributed by atoms with van der Waals surface area (Å²) in [5.41, 5.74) is 33.3. The van der Waals surface area contributed by atoms with Crippen molar-refractivity contribution in [3.8, 4) is 0 Å². The Morgan fingerprint density at radius 2 is 0.874 bits per heavy atom. The number of nitrogens with one attached hydrogen (secondary N) is 2. The summed E-state index contributed by atoms with van der Waals surface area (Å²) >= 11 is 28.4. The molecule has 2 fully saturated rings. The average Bonchev–Trinajstić information content (AvgIpc) is 1.79. The van der Waals surface area contributed by atoms with Gasteiger partial charge in [0.2, 0.25) is 18.4 Å². The second-order valence-corrected chi connectivity index (χ2v) is 31.1. The number of nitro groups is 5. The topological polar surface area (TPSA) is 474 Å². The molecule has 127 heavy (non-hydrogen) atoms. The van der Waals surface area contributed by atoms with E-state index in [-0.39, 0.29) is 59.4 Å². The molecule has 0 aromatic heterocycles. The van der Waals surface area contributed by atoms with E-state index in [4.69, 9.17) is 89.5 Å². The monoisotopic (exact) mass is 1860 g/mol. The first kappa shape index (κ1) is 113. The summed E-state index contributed by atoms with van der Waals surface area (Å²) in [7, 11) is 3.36. The second kappa shape index (κ2) is 58.7. The number of alkyl halides is 5. The number of methoxy groups -OCH3 is 2. The Balaban J connectivity index is 0.000000737. The maximum atomic E-state index is 11.5. The van der Waals surface area contributed by atoms with Crippen molar-refractivity contribution >= 4 is 147 Å². The van der Waals surface area contributed by atoms with Crippen LogP contribution in [0, 0.1) is 148 Å². The summed E-state index contributed by atoms with van der Waals surface area (Å²) in [6, 6.07) is 27.1. The molecule has 2 heterocycles. The lowest BCUT2D eigenvalue weighted by atomic mass is 9.87. The number of carboxylic acids is 1. The van der Waals surface area contributed by atoms with Crippen LogP contribution in [0.2, 0.25) is 0 Å². The Hall–Kier alpha value is -11.6. The third-order valence-corrected chi connectivity index (χ3v) is 21.5. The number of aliphatic carboxylic acids is 1. The van der Waals surface area contributed by atoms with Crippen molar-refractivity contribution in [2.45, 2.75) is 146 Å². The summed E-state index contributed by atoms with van der Waals surface area (Å²) < 4.78 is 9.02. The highest BCUT2D eigenvalue weighted by atomic mass is 35.5. The fourth-order valence-corrected chi connectivity index (χ4v) is 15.4. The number of aryl methyl sites for hydroxylation is 8. The Morgan fingerprint density at radius 1 is 0.504 bits per heavy atom. The number of amides is 2. The lowest BCUT2D eigenvalue weighted by Crippen LogP contribution is -2.29. The van der Waals surface area contributed by atoms with Crippen molar-refractivity contribution in [2.24, 2.45) is 5.73 Å². The van der Waals surface area contributed by atoms with E-state index in [2.05, 4.69) is 62.8 Å². The normalized spacial score (nSPS) is 13.0. The van der Waals surface area contributed by atoms with E-state index in [0.29, 0.717) is 113 Å². The van der Waals surface area contributed by atoms with Gasteiger partial charge in [-0.05, 0) is 217 Å². The van der Waals surface area contributed by atoms with E-state index in [0.717, 1.165) is 101 Å². The van der Waals surface area contributed by atoms with E-state index in [1.54, 1.807) is 39.8 Å². The maximum Gasteiger partial charge on any atom is 0.330 e. The number of esters is 2. The van der Waals surface area contributed by atoms with Crippen LogP contribution in [0.4, 0.5) is 34.1 Å². The predicted molar refractivity (Wildman–Crippen MR) is 501 cm³/mol. The molecule has 0 saturated carbocycles. The Kier molecular flexibility index (Phi) is 52.4. The molecule has 7 aromatic rings. The van der Waals surface area contributed by atoms with Crippen molar-refractivity contribution in [1.82, 2.24) is 10.6 Å². The van der Waals surface area contributed by atoms with Gasteiger partial charge in [-0.15, -0.1) is 58.0 Å². The number of benzene rings is 7. The number of carbonyl (C=O) groups is 8. The number of rotatable bonds is 29. The van der Waals surface area contributed by atoms with Gasteiger partial charge in [-0.1, -0.05) is 54.6 Å². The number of hydrogen-bond donors (Lipinski definition) is 5. The molecule has 7 N–H and O–H groups in total. The number of nitrogens with two attached hydrogens (primary N) is 2. The van der Waals surface area contributed by atoms with E-state index in [1.807, 2.05) is 84.0 Å². The zero-order valence-electron chi connectivity index (χ0n) is 74.7. The molecule has 0 bridgehead atoms. The van der Waals surface area contributed by atoms with Gasteiger partial charge < -0.3 is 51.3 Å². The fourth-order valence-electron chi connectivity index (χ4n) is 14.6. The molecule has 2 aliphatic rings. The summed E-state index contributed by atoms with van der Waals surface area (Å²) in [6.45, 7) is 30.5. The van der Waals surface area contributed by atoms with E-state index >= 15 is 0 Å². The quantitative estimate of drug-likeness (QED) is 0.00553. The van der Waals surface area contributed by atoms with Gasteiger partial charge in [-0.2, -0.15) is 0 Å². The van der Waals surface area contributed by atoms with Crippen LogP contribution >= 0.6 is 58.0 Å². The molecule has 2 amide bonds.